The summed E-state index contributed by atoms with van der Waals surface area (Å²) in [6, 6.07) is 3.47. The second kappa shape index (κ2) is 5.56. The predicted octanol–water partition coefficient (Wildman–Crippen LogP) is 1.63. The van der Waals surface area contributed by atoms with Gasteiger partial charge < -0.3 is 16.3 Å². The van der Waals surface area contributed by atoms with E-state index < -0.39 is 5.54 Å². The van der Waals surface area contributed by atoms with Gasteiger partial charge in [-0.25, -0.2) is 4.98 Å². The molecule has 1 heterocycles. The molecule has 0 atom stereocenters. The third-order valence-electron chi connectivity index (χ3n) is 3.38. The fourth-order valence-corrected chi connectivity index (χ4v) is 2.78. The van der Waals surface area contributed by atoms with Gasteiger partial charge in [-0.1, -0.05) is 18.0 Å². The summed E-state index contributed by atoms with van der Waals surface area (Å²) in [5.74, 6) is -0.286. The predicted molar refractivity (Wildman–Crippen MR) is 74.0 cm³/mol. The van der Waals surface area contributed by atoms with Crippen LogP contribution in [0.2, 0.25) is 0 Å². The van der Waals surface area contributed by atoms with E-state index in [0.29, 0.717) is 23.0 Å². The summed E-state index contributed by atoms with van der Waals surface area (Å²) in [7, 11) is 0. The lowest BCUT2D eigenvalue weighted by atomic mass is 9.96. The van der Waals surface area contributed by atoms with Crippen LogP contribution >= 0.6 is 15.9 Å². The van der Waals surface area contributed by atoms with E-state index in [2.05, 4.69) is 31.4 Å². The number of oxime groups is 1. The van der Waals surface area contributed by atoms with E-state index in [4.69, 9.17) is 10.9 Å². The molecule has 0 spiro atoms. The third-order valence-corrected chi connectivity index (χ3v) is 4.02. The highest BCUT2D eigenvalue weighted by molar-refractivity contribution is 9.10. The van der Waals surface area contributed by atoms with Crippen molar-refractivity contribution in [3.63, 3.8) is 0 Å². The number of hydrogen-bond donors (Lipinski definition) is 3. The van der Waals surface area contributed by atoms with Crippen molar-refractivity contribution in [1.29, 1.82) is 0 Å². The summed E-state index contributed by atoms with van der Waals surface area (Å²) in [6.45, 7) is 0. The number of carbonyl (C=O) groups is 1. The number of pyridine rings is 1. The molecule has 6 nitrogen and oxygen atoms in total. The minimum absolute atomic E-state index is 0.0467. The molecule has 1 aliphatic carbocycles. The zero-order valence-corrected chi connectivity index (χ0v) is 11.9. The SMILES string of the molecule is N/C(=N/O)C1(NC(=O)c2ncccc2Br)CCCC1. The maximum Gasteiger partial charge on any atom is 0.271 e. The van der Waals surface area contributed by atoms with Crippen LogP contribution in [-0.4, -0.2) is 27.5 Å². The number of rotatable bonds is 3. The second-order valence-corrected chi connectivity index (χ2v) is 5.42. The van der Waals surface area contributed by atoms with Crippen LogP contribution in [0.1, 0.15) is 36.2 Å². The summed E-state index contributed by atoms with van der Waals surface area (Å²) >= 11 is 3.28. The Kier molecular flexibility index (Phi) is 4.04. The lowest BCUT2D eigenvalue weighted by Gasteiger charge is -2.28. The minimum atomic E-state index is -0.761. The van der Waals surface area contributed by atoms with Gasteiger partial charge in [-0.15, -0.1) is 0 Å². The van der Waals surface area contributed by atoms with Crippen molar-refractivity contribution in [1.82, 2.24) is 10.3 Å². The minimum Gasteiger partial charge on any atom is -0.409 e. The van der Waals surface area contributed by atoms with Gasteiger partial charge in [0.25, 0.3) is 5.91 Å². The van der Waals surface area contributed by atoms with E-state index >= 15 is 0 Å². The maximum atomic E-state index is 12.3. The number of hydrogen-bond acceptors (Lipinski definition) is 4. The average molecular weight is 327 g/mol. The highest BCUT2D eigenvalue weighted by Gasteiger charge is 2.40. The van der Waals surface area contributed by atoms with Gasteiger partial charge in [0.1, 0.15) is 11.2 Å². The molecule has 0 radical (unpaired) electrons. The van der Waals surface area contributed by atoms with E-state index in [1.165, 1.54) is 0 Å². The molecule has 1 fully saturated rings. The van der Waals surface area contributed by atoms with Crippen molar-refractivity contribution >= 4 is 27.7 Å². The van der Waals surface area contributed by atoms with Crippen LogP contribution in [-0.2, 0) is 0 Å². The number of nitrogens with two attached hydrogens (primary N) is 1. The largest absolute Gasteiger partial charge is 0.409 e. The van der Waals surface area contributed by atoms with Gasteiger partial charge in [0, 0.05) is 10.7 Å². The van der Waals surface area contributed by atoms with Gasteiger partial charge >= 0.3 is 0 Å². The number of halogens is 1. The molecule has 1 saturated carbocycles. The van der Waals surface area contributed by atoms with Crippen LogP contribution in [0.4, 0.5) is 0 Å². The van der Waals surface area contributed by atoms with E-state index in [-0.39, 0.29) is 11.7 Å². The van der Waals surface area contributed by atoms with E-state index in [9.17, 15) is 4.79 Å². The lowest BCUT2D eigenvalue weighted by molar-refractivity contribution is 0.0916. The topological polar surface area (TPSA) is 101 Å². The Labute approximate surface area is 119 Å². The van der Waals surface area contributed by atoms with Gasteiger partial charge in [0.05, 0.1) is 0 Å². The molecule has 1 aromatic rings. The van der Waals surface area contributed by atoms with Crippen molar-refractivity contribution in [3.05, 3.63) is 28.5 Å². The molecule has 1 aliphatic rings. The van der Waals surface area contributed by atoms with Crippen LogP contribution in [0.5, 0.6) is 0 Å². The Bertz CT molecular complexity index is 512. The molecular weight excluding hydrogens is 312 g/mol. The first-order valence-corrected chi connectivity index (χ1v) is 6.79. The molecule has 1 amide bonds. The molecule has 0 unspecified atom stereocenters. The molecule has 2 rings (SSSR count). The Morgan fingerprint density at radius 3 is 2.79 bits per heavy atom. The molecule has 0 saturated heterocycles. The fourth-order valence-electron chi connectivity index (χ4n) is 2.35. The summed E-state index contributed by atoms with van der Waals surface area (Å²) < 4.78 is 0.611. The van der Waals surface area contributed by atoms with Gasteiger partial charge in [-0.2, -0.15) is 0 Å². The number of amidine groups is 1. The van der Waals surface area contributed by atoms with Gasteiger partial charge in [-0.3, -0.25) is 4.79 Å². The summed E-state index contributed by atoms with van der Waals surface area (Å²) in [5.41, 5.74) is 5.26. The van der Waals surface area contributed by atoms with Gasteiger partial charge in [-0.05, 0) is 40.9 Å². The standard InChI is InChI=1S/C12H15BrN4O2/c13-8-4-3-7-15-9(8)10(18)16-12(11(14)17-19)5-1-2-6-12/h3-4,7,19H,1-2,5-6H2,(H2,14,17)(H,16,18). The van der Waals surface area contributed by atoms with Crippen LogP contribution in [0.3, 0.4) is 0 Å². The number of carbonyl (C=O) groups excluding carboxylic acids is 1. The number of nitrogens with one attached hydrogen (secondary N) is 1. The third kappa shape index (κ3) is 2.70. The highest BCUT2D eigenvalue weighted by atomic mass is 79.9. The average Bonchev–Trinajstić information content (AvgIpc) is 2.88. The zero-order valence-electron chi connectivity index (χ0n) is 10.3. The van der Waals surface area contributed by atoms with E-state index in [1.54, 1.807) is 18.3 Å². The van der Waals surface area contributed by atoms with Crippen molar-refractivity contribution in [2.24, 2.45) is 10.9 Å². The van der Waals surface area contributed by atoms with Crippen LogP contribution in [0, 0.1) is 0 Å². The van der Waals surface area contributed by atoms with Crippen molar-refractivity contribution < 1.29 is 10.0 Å². The number of nitrogens with zero attached hydrogens (tertiary/aromatic N) is 2. The molecule has 0 aliphatic heterocycles. The first kappa shape index (κ1) is 13.8. The maximum absolute atomic E-state index is 12.3. The molecular formula is C12H15BrN4O2. The smallest absolute Gasteiger partial charge is 0.271 e. The Balaban J connectivity index is 2.24. The van der Waals surface area contributed by atoms with Crippen molar-refractivity contribution in [2.75, 3.05) is 0 Å². The summed E-state index contributed by atoms with van der Waals surface area (Å²) in [5, 5.41) is 14.8. The Morgan fingerprint density at radius 2 is 2.21 bits per heavy atom. The molecule has 102 valence electrons. The lowest BCUT2D eigenvalue weighted by Crippen LogP contribution is -2.55. The quantitative estimate of drug-likeness (QED) is 0.340. The van der Waals surface area contributed by atoms with Gasteiger partial charge in [0.15, 0.2) is 5.84 Å². The van der Waals surface area contributed by atoms with Crippen LogP contribution in [0.15, 0.2) is 28.0 Å². The molecule has 4 N–H and O–H groups in total. The number of amides is 1. The Morgan fingerprint density at radius 1 is 1.53 bits per heavy atom. The normalized spacial score (nSPS) is 18.3. The first-order valence-electron chi connectivity index (χ1n) is 6.00. The molecule has 1 aromatic heterocycles. The Hall–Kier alpha value is -1.63. The molecule has 19 heavy (non-hydrogen) atoms. The van der Waals surface area contributed by atoms with Crippen LogP contribution in [0.25, 0.3) is 0 Å². The van der Waals surface area contributed by atoms with Crippen LogP contribution < -0.4 is 11.1 Å². The van der Waals surface area contributed by atoms with E-state index in [1.807, 2.05) is 0 Å². The van der Waals surface area contributed by atoms with E-state index in [0.717, 1.165) is 12.8 Å². The fraction of sp³-hybridized carbons (Fsp3) is 0.417. The summed E-state index contributed by atoms with van der Waals surface area (Å²) in [4.78, 5) is 16.3. The van der Waals surface area contributed by atoms with Gasteiger partial charge in [0.2, 0.25) is 0 Å². The molecule has 0 bridgehead atoms. The number of aromatic nitrogens is 1. The molecule has 0 aromatic carbocycles. The second-order valence-electron chi connectivity index (χ2n) is 4.56. The first-order chi connectivity index (χ1) is 9.09. The summed E-state index contributed by atoms with van der Waals surface area (Å²) in [6.07, 6.45) is 4.74. The molecule has 7 heteroatoms. The van der Waals surface area contributed by atoms with Crippen molar-refractivity contribution in [2.45, 2.75) is 31.2 Å². The van der Waals surface area contributed by atoms with Crippen molar-refractivity contribution in [3.8, 4) is 0 Å². The highest BCUT2D eigenvalue weighted by Crippen LogP contribution is 2.30. The zero-order chi connectivity index (χ0) is 13.9. The monoisotopic (exact) mass is 326 g/mol.